The minimum atomic E-state index is -4.60. The fourth-order valence-electron chi connectivity index (χ4n) is 2.57. The standard InChI is InChI=1S/C12H13F3N6O/c1-2-20(7-3-4-16-10(7)22)9-5-8(12(13,14)15)19-11-17-6-18-21(9)11/h5-7H,2-4H2,1H3,(H,16,22). The molecule has 2 aromatic heterocycles. The van der Waals surface area contributed by atoms with E-state index in [1.54, 1.807) is 11.8 Å². The second-order valence-corrected chi connectivity index (χ2v) is 4.85. The van der Waals surface area contributed by atoms with Gasteiger partial charge in [0.25, 0.3) is 5.78 Å². The third kappa shape index (κ3) is 2.34. The first kappa shape index (κ1) is 14.5. The minimum absolute atomic E-state index is 0.151. The molecule has 0 saturated carbocycles. The first-order valence-electron chi connectivity index (χ1n) is 6.74. The van der Waals surface area contributed by atoms with Gasteiger partial charge in [-0.2, -0.15) is 27.8 Å². The lowest BCUT2D eigenvalue weighted by Crippen LogP contribution is -2.42. The molecule has 3 rings (SSSR count). The maximum absolute atomic E-state index is 13.0. The maximum atomic E-state index is 13.0. The Morgan fingerprint density at radius 2 is 2.27 bits per heavy atom. The van der Waals surface area contributed by atoms with E-state index in [9.17, 15) is 18.0 Å². The molecule has 0 aromatic carbocycles. The van der Waals surface area contributed by atoms with Gasteiger partial charge in [0, 0.05) is 19.2 Å². The van der Waals surface area contributed by atoms with Crippen molar-refractivity contribution in [3.63, 3.8) is 0 Å². The number of carbonyl (C=O) groups is 1. The predicted octanol–water partition coefficient (Wildman–Crippen LogP) is 0.858. The smallest absolute Gasteiger partial charge is 0.354 e. The van der Waals surface area contributed by atoms with E-state index in [-0.39, 0.29) is 17.5 Å². The van der Waals surface area contributed by atoms with E-state index in [2.05, 4.69) is 20.4 Å². The molecule has 118 valence electrons. The van der Waals surface area contributed by atoms with E-state index in [0.717, 1.165) is 12.4 Å². The highest BCUT2D eigenvalue weighted by Gasteiger charge is 2.36. The lowest BCUT2D eigenvalue weighted by Gasteiger charge is -2.28. The molecular weight excluding hydrogens is 301 g/mol. The van der Waals surface area contributed by atoms with Gasteiger partial charge in [-0.1, -0.05) is 0 Å². The SMILES string of the molecule is CCN(c1cc(C(F)(F)F)nc2ncnn12)C1CCNC1=O. The number of nitrogens with zero attached hydrogens (tertiary/aromatic N) is 5. The molecule has 1 atom stereocenters. The van der Waals surface area contributed by atoms with Crippen LogP contribution in [0.5, 0.6) is 0 Å². The Morgan fingerprint density at radius 3 is 2.86 bits per heavy atom. The first-order valence-corrected chi connectivity index (χ1v) is 6.74. The summed E-state index contributed by atoms with van der Waals surface area (Å²) in [5.41, 5.74) is -1.06. The van der Waals surface area contributed by atoms with Crippen LogP contribution >= 0.6 is 0 Å². The fraction of sp³-hybridized carbons (Fsp3) is 0.500. The van der Waals surface area contributed by atoms with Gasteiger partial charge in [-0.3, -0.25) is 4.79 Å². The van der Waals surface area contributed by atoms with E-state index in [4.69, 9.17) is 0 Å². The van der Waals surface area contributed by atoms with Crippen LogP contribution in [-0.2, 0) is 11.0 Å². The molecule has 22 heavy (non-hydrogen) atoms. The molecule has 0 bridgehead atoms. The monoisotopic (exact) mass is 314 g/mol. The Labute approximate surface area is 123 Å². The number of amides is 1. The normalized spacial score (nSPS) is 18.7. The lowest BCUT2D eigenvalue weighted by molar-refractivity contribution is -0.141. The van der Waals surface area contributed by atoms with Crippen molar-refractivity contribution in [2.45, 2.75) is 25.6 Å². The van der Waals surface area contributed by atoms with E-state index in [0.29, 0.717) is 19.5 Å². The van der Waals surface area contributed by atoms with Crippen LogP contribution in [0.3, 0.4) is 0 Å². The molecule has 2 aromatic rings. The van der Waals surface area contributed by atoms with Crippen LogP contribution in [0, 0.1) is 0 Å². The van der Waals surface area contributed by atoms with Gasteiger partial charge in [-0.25, -0.2) is 4.98 Å². The van der Waals surface area contributed by atoms with Crippen LogP contribution in [0.4, 0.5) is 19.0 Å². The zero-order chi connectivity index (χ0) is 15.9. The zero-order valence-electron chi connectivity index (χ0n) is 11.6. The summed E-state index contributed by atoms with van der Waals surface area (Å²) in [7, 11) is 0. The number of likely N-dealkylation sites (N-methyl/N-ethyl adjacent to an activating group) is 1. The van der Waals surface area contributed by atoms with Crippen LogP contribution in [0.2, 0.25) is 0 Å². The summed E-state index contributed by atoms with van der Waals surface area (Å²) < 4.78 is 40.2. The number of nitrogens with one attached hydrogen (secondary N) is 1. The number of halogens is 3. The highest BCUT2D eigenvalue weighted by molar-refractivity contribution is 5.87. The summed E-state index contributed by atoms with van der Waals surface area (Å²) in [6.07, 6.45) is -2.94. The van der Waals surface area contributed by atoms with Gasteiger partial charge < -0.3 is 10.2 Å². The molecule has 0 aliphatic carbocycles. The van der Waals surface area contributed by atoms with Crippen LogP contribution < -0.4 is 10.2 Å². The van der Waals surface area contributed by atoms with Gasteiger partial charge in [-0.05, 0) is 13.3 Å². The van der Waals surface area contributed by atoms with Gasteiger partial charge in [0.15, 0.2) is 5.69 Å². The number of hydrogen-bond acceptors (Lipinski definition) is 5. The van der Waals surface area contributed by atoms with Crippen molar-refractivity contribution in [3.8, 4) is 0 Å². The van der Waals surface area contributed by atoms with Gasteiger partial charge in [-0.15, -0.1) is 0 Å². The Morgan fingerprint density at radius 1 is 1.50 bits per heavy atom. The third-order valence-electron chi connectivity index (χ3n) is 3.55. The van der Waals surface area contributed by atoms with Crippen LogP contribution in [-0.4, -0.2) is 44.6 Å². The van der Waals surface area contributed by atoms with Gasteiger partial charge in [0.1, 0.15) is 18.2 Å². The molecule has 1 amide bonds. The second kappa shape index (κ2) is 5.11. The maximum Gasteiger partial charge on any atom is 0.433 e. The van der Waals surface area contributed by atoms with Crippen molar-refractivity contribution in [1.82, 2.24) is 24.9 Å². The predicted molar refractivity (Wildman–Crippen MR) is 70.2 cm³/mol. The molecule has 0 spiro atoms. The molecule has 3 heterocycles. The number of fused-ring (bicyclic) bond motifs is 1. The van der Waals surface area contributed by atoms with E-state index in [1.807, 2.05) is 0 Å². The Bertz CT molecular complexity index is 712. The number of anilines is 1. The molecule has 0 radical (unpaired) electrons. The number of rotatable bonds is 3. The molecule has 1 unspecified atom stereocenters. The van der Waals surface area contributed by atoms with E-state index >= 15 is 0 Å². The van der Waals surface area contributed by atoms with Crippen LogP contribution in [0.15, 0.2) is 12.4 Å². The van der Waals surface area contributed by atoms with Crippen LogP contribution in [0.25, 0.3) is 5.78 Å². The average Bonchev–Trinajstić information content (AvgIpc) is 3.08. The van der Waals surface area contributed by atoms with Gasteiger partial charge >= 0.3 is 6.18 Å². The molecule has 10 heteroatoms. The summed E-state index contributed by atoms with van der Waals surface area (Å²) in [6.45, 7) is 2.62. The molecule has 1 N–H and O–H groups in total. The van der Waals surface area contributed by atoms with Crippen molar-refractivity contribution >= 4 is 17.5 Å². The highest BCUT2D eigenvalue weighted by Crippen LogP contribution is 2.31. The van der Waals surface area contributed by atoms with Crippen molar-refractivity contribution in [2.75, 3.05) is 18.0 Å². The van der Waals surface area contributed by atoms with E-state index in [1.165, 1.54) is 4.52 Å². The van der Waals surface area contributed by atoms with Crippen molar-refractivity contribution in [3.05, 3.63) is 18.1 Å². The van der Waals surface area contributed by atoms with Crippen molar-refractivity contribution < 1.29 is 18.0 Å². The summed E-state index contributed by atoms with van der Waals surface area (Å²) >= 11 is 0. The summed E-state index contributed by atoms with van der Waals surface area (Å²) in [5, 5.41) is 6.59. The molecule has 1 fully saturated rings. The van der Waals surface area contributed by atoms with E-state index < -0.39 is 17.9 Å². The van der Waals surface area contributed by atoms with Crippen molar-refractivity contribution in [1.29, 1.82) is 0 Å². The second-order valence-electron chi connectivity index (χ2n) is 4.85. The molecule has 1 aliphatic heterocycles. The van der Waals surface area contributed by atoms with Crippen LogP contribution in [0.1, 0.15) is 19.0 Å². The number of hydrogen-bond donors (Lipinski definition) is 1. The third-order valence-corrected chi connectivity index (χ3v) is 3.55. The largest absolute Gasteiger partial charge is 0.433 e. The highest BCUT2D eigenvalue weighted by atomic mass is 19.4. The van der Waals surface area contributed by atoms with Gasteiger partial charge in [0.05, 0.1) is 0 Å². The molecule has 1 saturated heterocycles. The number of alkyl halides is 3. The first-order chi connectivity index (χ1) is 10.4. The topological polar surface area (TPSA) is 75.4 Å². The quantitative estimate of drug-likeness (QED) is 0.909. The summed E-state index contributed by atoms with van der Waals surface area (Å²) in [5.74, 6) is -0.207. The fourth-order valence-corrected chi connectivity index (χ4v) is 2.57. The summed E-state index contributed by atoms with van der Waals surface area (Å²) in [4.78, 5) is 20.6. The Hall–Kier alpha value is -2.39. The number of aromatic nitrogens is 4. The zero-order valence-corrected chi connectivity index (χ0v) is 11.6. The minimum Gasteiger partial charge on any atom is -0.354 e. The van der Waals surface area contributed by atoms with Crippen molar-refractivity contribution in [2.24, 2.45) is 0 Å². The molecular formula is C12H13F3N6O. The Balaban J connectivity index is 2.15. The lowest BCUT2D eigenvalue weighted by atomic mass is 10.2. The molecule has 7 nitrogen and oxygen atoms in total. The van der Waals surface area contributed by atoms with Gasteiger partial charge in [0.2, 0.25) is 5.91 Å². The molecule has 1 aliphatic rings. The summed E-state index contributed by atoms with van der Waals surface area (Å²) in [6, 6.07) is 0.373. The Kier molecular flexibility index (Phi) is 3.38. The average molecular weight is 314 g/mol. The number of carbonyl (C=O) groups excluding carboxylic acids is 1.